The third kappa shape index (κ3) is 4.00. The van der Waals surface area contributed by atoms with Crippen molar-refractivity contribution >= 4 is 17.3 Å². The molecule has 0 aromatic carbocycles. The van der Waals surface area contributed by atoms with E-state index in [0.717, 1.165) is 36.8 Å². The van der Waals surface area contributed by atoms with Gasteiger partial charge in [-0.1, -0.05) is 25.3 Å². The van der Waals surface area contributed by atoms with Gasteiger partial charge in [0.2, 0.25) is 0 Å². The average molecular weight is 439 g/mol. The zero-order valence-electron chi connectivity index (χ0n) is 18.7. The molecule has 0 unspecified atom stereocenters. The van der Waals surface area contributed by atoms with Crippen LogP contribution < -0.4 is 5.32 Å². The maximum Gasteiger partial charge on any atom is 0.170 e. The summed E-state index contributed by atoms with van der Waals surface area (Å²) in [6, 6.07) is 9.38. The van der Waals surface area contributed by atoms with Crippen LogP contribution in [0, 0.1) is 13.8 Å². The molecular formula is C25H34N4OS. The lowest BCUT2D eigenvalue weighted by molar-refractivity contribution is 0.0841. The van der Waals surface area contributed by atoms with Crippen LogP contribution in [0.1, 0.15) is 85.7 Å². The Morgan fingerprint density at radius 3 is 2.68 bits per heavy atom. The molecule has 2 aliphatic heterocycles. The predicted molar refractivity (Wildman–Crippen MR) is 127 cm³/mol. The van der Waals surface area contributed by atoms with Gasteiger partial charge in [0.25, 0.3) is 0 Å². The van der Waals surface area contributed by atoms with E-state index in [1.807, 2.05) is 12.3 Å². The lowest BCUT2D eigenvalue weighted by Crippen LogP contribution is -2.36. The van der Waals surface area contributed by atoms with Gasteiger partial charge in [-0.3, -0.25) is 4.98 Å². The highest BCUT2D eigenvalue weighted by atomic mass is 32.1. The third-order valence-electron chi connectivity index (χ3n) is 7.40. The molecule has 31 heavy (non-hydrogen) atoms. The Morgan fingerprint density at radius 1 is 1.13 bits per heavy atom. The Balaban J connectivity index is 1.54. The zero-order valence-corrected chi connectivity index (χ0v) is 19.5. The maximum atomic E-state index is 5.99. The fraction of sp³-hybridized carbons (Fsp3) is 0.600. The number of nitrogens with zero attached hydrogens (tertiary/aromatic N) is 3. The van der Waals surface area contributed by atoms with Crippen molar-refractivity contribution in [2.75, 3.05) is 13.2 Å². The first-order valence-corrected chi connectivity index (χ1v) is 12.3. The molecule has 3 fully saturated rings. The van der Waals surface area contributed by atoms with Crippen molar-refractivity contribution in [1.82, 2.24) is 19.8 Å². The molecule has 0 bridgehead atoms. The van der Waals surface area contributed by atoms with Gasteiger partial charge in [-0.2, -0.15) is 0 Å². The maximum absolute atomic E-state index is 5.99. The summed E-state index contributed by atoms with van der Waals surface area (Å²) in [7, 11) is 0. The highest BCUT2D eigenvalue weighted by Crippen LogP contribution is 2.43. The summed E-state index contributed by atoms with van der Waals surface area (Å²) in [5, 5.41) is 4.43. The fourth-order valence-corrected chi connectivity index (χ4v) is 6.27. The molecule has 3 aliphatic rings. The van der Waals surface area contributed by atoms with E-state index in [2.05, 4.69) is 46.8 Å². The molecule has 6 heteroatoms. The Bertz CT molecular complexity index is 915. The Kier molecular flexibility index (Phi) is 6.02. The van der Waals surface area contributed by atoms with E-state index in [1.165, 1.54) is 49.1 Å². The number of aryl methyl sites for hydroxylation is 1. The number of nitrogens with one attached hydrogen (secondary N) is 1. The van der Waals surface area contributed by atoms with Crippen LogP contribution >= 0.6 is 12.2 Å². The van der Waals surface area contributed by atoms with Crippen LogP contribution in [0.15, 0.2) is 30.5 Å². The number of pyridine rings is 1. The first-order chi connectivity index (χ1) is 15.1. The third-order valence-corrected chi connectivity index (χ3v) is 7.76. The van der Waals surface area contributed by atoms with Crippen molar-refractivity contribution in [3.05, 3.63) is 53.1 Å². The minimum atomic E-state index is 0.0513. The van der Waals surface area contributed by atoms with E-state index in [0.29, 0.717) is 6.04 Å². The van der Waals surface area contributed by atoms with Crippen LogP contribution in [0.25, 0.3) is 0 Å². The van der Waals surface area contributed by atoms with E-state index in [-0.39, 0.29) is 18.2 Å². The predicted octanol–water partition coefficient (Wildman–Crippen LogP) is 5.16. The lowest BCUT2D eigenvalue weighted by atomic mass is 9.94. The number of hydrogen-bond acceptors (Lipinski definition) is 3. The number of thiocarbonyl (C=S) groups is 1. The lowest BCUT2D eigenvalue weighted by Gasteiger charge is -2.31. The number of hydrogen-bond donors (Lipinski definition) is 1. The molecule has 166 valence electrons. The second-order valence-corrected chi connectivity index (χ2v) is 9.79. The number of aromatic nitrogens is 2. The highest BCUT2D eigenvalue weighted by Gasteiger charge is 2.42. The van der Waals surface area contributed by atoms with Gasteiger partial charge in [0.15, 0.2) is 5.11 Å². The summed E-state index contributed by atoms with van der Waals surface area (Å²) in [6.45, 7) is 6.28. The summed E-state index contributed by atoms with van der Waals surface area (Å²) >= 11 is 5.86. The summed E-state index contributed by atoms with van der Waals surface area (Å²) in [6.07, 6.45) is 11.0. The second kappa shape index (κ2) is 8.91. The first-order valence-electron chi connectivity index (χ1n) is 11.9. The van der Waals surface area contributed by atoms with Crippen LogP contribution in [0.3, 0.4) is 0 Å². The minimum absolute atomic E-state index is 0.0513. The normalized spacial score (nSPS) is 27.1. The van der Waals surface area contributed by atoms with Gasteiger partial charge in [0.05, 0.1) is 23.9 Å². The van der Waals surface area contributed by atoms with Crippen molar-refractivity contribution in [2.45, 2.75) is 83.0 Å². The molecule has 0 spiro atoms. The monoisotopic (exact) mass is 438 g/mol. The summed E-state index contributed by atoms with van der Waals surface area (Å²) in [5.41, 5.74) is 5.18. The molecule has 1 N–H and O–H groups in total. The van der Waals surface area contributed by atoms with Gasteiger partial charge >= 0.3 is 0 Å². The van der Waals surface area contributed by atoms with E-state index < -0.39 is 0 Å². The van der Waals surface area contributed by atoms with Gasteiger partial charge < -0.3 is 19.5 Å². The van der Waals surface area contributed by atoms with E-state index in [9.17, 15) is 0 Å². The molecule has 3 atom stereocenters. The van der Waals surface area contributed by atoms with Gasteiger partial charge in [-0.25, -0.2) is 0 Å². The molecule has 0 radical (unpaired) electrons. The Morgan fingerprint density at radius 2 is 1.97 bits per heavy atom. The molecule has 2 saturated heterocycles. The summed E-state index contributed by atoms with van der Waals surface area (Å²) in [4.78, 5) is 7.07. The van der Waals surface area contributed by atoms with Gasteiger partial charge in [0, 0.05) is 36.8 Å². The molecular weight excluding hydrogens is 404 g/mol. The first kappa shape index (κ1) is 21.0. The highest BCUT2D eigenvalue weighted by molar-refractivity contribution is 7.80. The average Bonchev–Trinajstić information content (AvgIpc) is 3.49. The smallest absolute Gasteiger partial charge is 0.170 e. The minimum Gasteiger partial charge on any atom is -0.376 e. The standard InChI is InChI=1S/C25H34N4OS/c1-17-15-21(18(2)29(17)19-9-4-3-5-10-19)24-23(22-12-6-7-13-26-22)27-25(31)28(24)16-20-11-8-14-30-20/h6-7,12-13,15,19-20,23-24H,3-5,8-11,14,16H2,1-2H3,(H,27,31)/t20-,23+,24-/m0/s1. The summed E-state index contributed by atoms with van der Waals surface area (Å²) in [5.74, 6) is 0. The van der Waals surface area contributed by atoms with Crippen LogP contribution in [-0.2, 0) is 4.74 Å². The van der Waals surface area contributed by atoms with Gasteiger partial charge in [-0.05, 0) is 75.5 Å². The number of rotatable bonds is 5. The molecule has 4 heterocycles. The molecule has 2 aromatic heterocycles. The van der Waals surface area contributed by atoms with Crippen LogP contribution in [-0.4, -0.2) is 38.8 Å². The number of ether oxygens (including phenoxy) is 1. The quantitative estimate of drug-likeness (QED) is 0.654. The Hall–Kier alpha value is -1.92. The molecule has 2 aromatic rings. The van der Waals surface area contributed by atoms with Gasteiger partial charge in [0.1, 0.15) is 0 Å². The van der Waals surface area contributed by atoms with Gasteiger partial charge in [-0.15, -0.1) is 0 Å². The molecule has 5 rings (SSSR count). The van der Waals surface area contributed by atoms with E-state index in [4.69, 9.17) is 21.9 Å². The van der Waals surface area contributed by atoms with Crippen molar-refractivity contribution in [2.24, 2.45) is 0 Å². The topological polar surface area (TPSA) is 42.3 Å². The Labute approximate surface area is 191 Å². The SMILES string of the molecule is Cc1cc([C@H]2[C@@H](c3ccccn3)NC(=S)N2C[C@@H]2CCCO2)c(C)n1C1CCCCC1. The van der Waals surface area contributed by atoms with Crippen LogP contribution in [0.4, 0.5) is 0 Å². The molecule has 0 amide bonds. The van der Waals surface area contributed by atoms with Crippen molar-refractivity contribution in [1.29, 1.82) is 0 Å². The summed E-state index contributed by atoms with van der Waals surface area (Å²) < 4.78 is 8.60. The zero-order chi connectivity index (χ0) is 21.4. The molecule has 5 nitrogen and oxygen atoms in total. The van der Waals surface area contributed by atoms with Crippen molar-refractivity contribution in [3.8, 4) is 0 Å². The largest absolute Gasteiger partial charge is 0.376 e. The fourth-order valence-electron chi connectivity index (χ4n) is 5.95. The van der Waals surface area contributed by atoms with E-state index in [1.54, 1.807) is 0 Å². The van der Waals surface area contributed by atoms with Crippen LogP contribution in [0.2, 0.25) is 0 Å². The van der Waals surface area contributed by atoms with Crippen molar-refractivity contribution in [3.63, 3.8) is 0 Å². The van der Waals surface area contributed by atoms with Crippen LogP contribution in [0.5, 0.6) is 0 Å². The van der Waals surface area contributed by atoms with E-state index >= 15 is 0 Å². The molecule has 1 saturated carbocycles. The second-order valence-electron chi connectivity index (χ2n) is 9.40. The van der Waals surface area contributed by atoms with Crippen molar-refractivity contribution < 1.29 is 4.74 Å². The molecule has 1 aliphatic carbocycles.